The fourth-order valence-corrected chi connectivity index (χ4v) is 5.25. The quantitative estimate of drug-likeness (QED) is 0.295. The molecule has 0 aliphatic carbocycles. The lowest BCUT2D eigenvalue weighted by atomic mass is 9.97. The molecule has 1 fully saturated rings. The Morgan fingerprint density at radius 3 is 2.65 bits per heavy atom. The van der Waals surface area contributed by atoms with E-state index in [1.807, 2.05) is 36.4 Å². The lowest BCUT2D eigenvalue weighted by Crippen LogP contribution is -2.40. The first kappa shape index (κ1) is 25.4. The molecule has 5 rings (SSSR count). The number of ether oxygens (including phenoxy) is 1. The van der Waals surface area contributed by atoms with Crippen LogP contribution in [0.5, 0.6) is 5.75 Å². The highest BCUT2D eigenvalue weighted by Crippen LogP contribution is 2.31. The molecule has 1 aliphatic heterocycles. The van der Waals surface area contributed by atoms with Crippen LogP contribution in [0.2, 0.25) is 0 Å². The molecule has 0 radical (unpaired) electrons. The number of fused-ring (bicyclic) bond motifs is 1. The predicted molar refractivity (Wildman–Crippen MR) is 144 cm³/mol. The van der Waals surface area contributed by atoms with E-state index < -0.39 is 0 Å². The molecule has 0 N–H and O–H groups in total. The SMILES string of the molecule is COCCN1CCCC(Cn2c(-c3ccccc3OCl)nc3ccc(-c4ccc(F)cc4)cc3c2=O)C1. The van der Waals surface area contributed by atoms with Crippen molar-refractivity contribution in [3.05, 3.63) is 82.9 Å². The predicted octanol–water partition coefficient (Wildman–Crippen LogP) is 5.76. The number of nitrogens with zero attached hydrogens (tertiary/aromatic N) is 3. The van der Waals surface area contributed by atoms with Crippen LogP contribution in [-0.4, -0.2) is 47.8 Å². The van der Waals surface area contributed by atoms with E-state index in [9.17, 15) is 9.18 Å². The van der Waals surface area contributed by atoms with E-state index in [-0.39, 0.29) is 17.3 Å². The second kappa shape index (κ2) is 11.4. The summed E-state index contributed by atoms with van der Waals surface area (Å²) in [5.74, 6) is 0.950. The van der Waals surface area contributed by atoms with Crippen molar-refractivity contribution in [3.8, 4) is 28.3 Å². The average Bonchev–Trinajstić information content (AvgIpc) is 2.94. The van der Waals surface area contributed by atoms with Crippen LogP contribution >= 0.6 is 11.9 Å². The van der Waals surface area contributed by atoms with Gasteiger partial charge < -0.3 is 13.9 Å². The number of hydrogen-bond donors (Lipinski definition) is 0. The fraction of sp³-hybridized carbons (Fsp3) is 0.310. The molecule has 0 spiro atoms. The van der Waals surface area contributed by atoms with E-state index in [1.165, 1.54) is 12.1 Å². The van der Waals surface area contributed by atoms with Gasteiger partial charge in [0, 0.05) is 26.7 Å². The molecule has 1 atom stereocenters. The summed E-state index contributed by atoms with van der Waals surface area (Å²) in [5.41, 5.74) is 2.78. The van der Waals surface area contributed by atoms with Crippen LogP contribution in [0.25, 0.3) is 33.4 Å². The Kier molecular flexibility index (Phi) is 7.84. The molecule has 192 valence electrons. The molecule has 8 heteroatoms. The second-order valence-electron chi connectivity index (χ2n) is 9.46. The molecule has 1 aromatic heterocycles. The zero-order valence-electron chi connectivity index (χ0n) is 20.7. The number of methoxy groups -OCH3 is 1. The molecule has 1 unspecified atom stereocenters. The largest absolute Gasteiger partial charge is 0.385 e. The molecule has 1 saturated heterocycles. The summed E-state index contributed by atoms with van der Waals surface area (Å²) < 4.78 is 25.6. The van der Waals surface area contributed by atoms with E-state index in [4.69, 9.17) is 25.9 Å². The molecule has 37 heavy (non-hydrogen) atoms. The van der Waals surface area contributed by atoms with Crippen molar-refractivity contribution in [1.82, 2.24) is 14.5 Å². The maximum atomic E-state index is 14.0. The lowest BCUT2D eigenvalue weighted by Gasteiger charge is -2.33. The van der Waals surface area contributed by atoms with E-state index in [0.717, 1.165) is 43.6 Å². The zero-order valence-corrected chi connectivity index (χ0v) is 21.5. The Morgan fingerprint density at radius 1 is 1.08 bits per heavy atom. The van der Waals surface area contributed by atoms with Crippen LogP contribution in [0, 0.1) is 11.7 Å². The first-order valence-electron chi connectivity index (χ1n) is 12.5. The van der Waals surface area contributed by atoms with E-state index in [2.05, 4.69) is 4.90 Å². The standard InChI is InChI=1S/C29H29ClFN3O3/c1-36-16-15-33-14-4-5-20(18-33)19-34-28(24-6-2-3-7-27(24)37-30)32-26-13-10-22(17-25(26)29(34)35)21-8-11-23(31)12-9-21/h2-3,6-13,17,20H,4-5,14-16,18-19H2,1H3. The highest BCUT2D eigenvalue weighted by molar-refractivity contribution is 6.09. The van der Waals surface area contributed by atoms with Gasteiger partial charge in [-0.2, -0.15) is 0 Å². The first-order valence-corrected chi connectivity index (χ1v) is 12.8. The van der Waals surface area contributed by atoms with Gasteiger partial charge in [-0.05, 0) is 72.8 Å². The van der Waals surface area contributed by atoms with Crippen molar-refractivity contribution in [2.24, 2.45) is 5.92 Å². The van der Waals surface area contributed by atoms with Crippen LogP contribution < -0.4 is 9.85 Å². The number of piperidine rings is 1. The van der Waals surface area contributed by atoms with Gasteiger partial charge in [0.25, 0.3) is 5.56 Å². The molecule has 2 heterocycles. The van der Waals surface area contributed by atoms with Gasteiger partial charge in [-0.25, -0.2) is 9.37 Å². The molecule has 3 aromatic carbocycles. The van der Waals surface area contributed by atoms with Crippen LogP contribution in [-0.2, 0) is 11.3 Å². The van der Waals surface area contributed by atoms with Crippen molar-refractivity contribution in [1.29, 1.82) is 0 Å². The van der Waals surface area contributed by atoms with Crippen molar-refractivity contribution < 1.29 is 13.4 Å². The Balaban J connectivity index is 1.61. The third-order valence-electron chi connectivity index (χ3n) is 7.00. The van der Waals surface area contributed by atoms with E-state index in [0.29, 0.717) is 41.2 Å². The molecular formula is C29H29ClFN3O3. The maximum absolute atomic E-state index is 14.0. The van der Waals surface area contributed by atoms with Gasteiger partial charge in [0.2, 0.25) is 0 Å². The smallest absolute Gasteiger partial charge is 0.261 e. The first-order chi connectivity index (χ1) is 18.1. The summed E-state index contributed by atoms with van der Waals surface area (Å²) in [6, 6.07) is 19.1. The average molecular weight is 522 g/mol. The van der Waals surface area contributed by atoms with Crippen LogP contribution in [0.15, 0.2) is 71.5 Å². The number of hydrogen-bond acceptors (Lipinski definition) is 5. The van der Waals surface area contributed by atoms with Crippen molar-refractivity contribution in [3.63, 3.8) is 0 Å². The topological polar surface area (TPSA) is 56.6 Å². The fourth-order valence-electron chi connectivity index (χ4n) is 5.12. The summed E-state index contributed by atoms with van der Waals surface area (Å²) in [5, 5.41) is 0.516. The van der Waals surface area contributed by atoms with Gasteiger partial charge in [0.05, 0.1) is 23.1 Å². The van der Waals surface area contributed by atoms with E-state index in [1.54, 1.807) is 29.9 Å². The highest BCUT2D eigenvalue weighted by atomic mass is 35.5. The van der Waals surface area contributed by atoms with Crippen molar-refractivity contribution >= 4 is 22.8 Å². The molecule has 4 aromatic rings. The summed E-state index contributed by atoms with van der Waals surface area (Å²) in [7, 11) is 1.71. The molecule has 0 saturated carbocycles. The van der Waals surface area contributed by atoms with Crippen molar-refractivity contribution in [2.45, 2.75) is 19.4 Å². The van der Waals surface area contributed by atoms with Gasteiger partial charge in [-0.3, -0.25) is 9.36 Å². The Morgan fingerprint density at radius 2 is 1.86 bits per heavy atom. The monoisotopic (exact) mass is 521 g/mol. The number of halogens is 2. The van der Waals surface area contributed by atoms with Crippen LogP contribution in [0.1, 0.15) is 12.8 Å². The summed E-state index contributed by atoms with van der Waals surface area (Å²) in [6.07, 6.45) is 2.09. The summed E-state index contributed by atoms with van der Waals surface area (Å²) in [4.78, 5) is 21.4. The third kappa shape index (κ3) is 5.54. The zero-order chi connectivity index (χ0) is 25.8. The normalized spacial score (nSPS) is 16.2. The molecule has 1 aliphatic rings. The van der Waals surface area contributed by atoms with Crippen LogP contribution in [0.3, 0.4) is 0 Å². The third-order valence-corrected chi connectivity index (χ3v) is 7.16. The highest BCUT2D eigenvalue weighted by Gasteiger charge is 2.24. The summed E-state index contributed by atoms with van der Waals surface area (Å²) >= 11 is 5.79. The molecule has 0 bridgehead atoms. The molecule has 0 amide bonds. The van der Waals surface area contributed by atoms with Crippen LogP contribution in [0.4, 0.5) is 4.39 Å². The number of likely N-dealkylation sites (tertiary alicyclic amines) is 1. The minimum absolute atomic E-state index is 0.123. The second-order valence-corrected chi connectivity index (χ2v) is 9.62. The van der Waals surface area contributed by atoms with Gasteiger partial charge in [0.15, 0.2) is 5.75 Å². The number of aromatic nitrogens is 2. The van der Waals surface area contributed by atoms with Gasteiger partial charge in [-0.1, -0.05) is 30.3 Å². The lowest BCUT2D eigenvalue weighted by molar-refractivity contribution is 0.109. The number of benzene rings is 3. The number of rotatable bonds is 8. The van der Waals surface area contributed by atoms with Gasteiger partial charge in [0.1, 0.15) is 23.5 Å². The Labute approximate surface area is 220 Å². The Bertz CT molecular complexity index is 1440. The molecular weight excluding hydrogens is 493 g/mol. The van der Waals surface area contributed by atoms with E-state index >= 15 is 0 Å². The molecule has 6 nitrogen and oxygen atoms in total. The Hall–Kier alpha value is -3.26. The maximum Gasteiger partial charge on any atom is 0.261 e. The van der Waals surface area contributed by atoms with Crippen molar-refractivity contribution in [2.75, 3.05) is 33.4 Å². The minimum atomic E-state index is -0.301. The minimum Gasteiger partial charge on any atom is -0.385 e. The number of para-hydroxylation sites is 1. The summed E-state index contributed by atoms with van der Waals surface area (Å²) in [6.45, 7) is 3.99. The van der Waals surface area contributed by atoms with Gasteiger partial charge in [-0.15, -0.1) is 0 Å². The van der Waals surface area contributed by atoms with Gasteiger partial charge >= 0.3 is 0 Å².